The zero-order chi connectivity index (χ0) is 17.6. The molecule has 2 aromatic carbocycles. The molecule has 1 saturated heterocycles. The van der Waals surface area contributed by atoms with Crippen LogP contribution in [-0.2, 0) is 11.3 Å². The first-order valence-electron chi connectivity index (χ1n) is 8.56. The molecule has 0 aliphatic carbocycles. The zero-order valence-corrected chi connectivity index (χ0v) is 15.1. The Labute approximate surface area is 153 Å². The highest BCUT2D eigenvalue weighted by atomic mass is 35.5. The van der Waals surface area contributed by atoms with Gasteiger partial charge in [-0.25, -0.2) is 0 Å². The third-order valence-electron chi connectivity index (χ3n) is 4.59. The van der Waals surface area contributed by atoms with E-state index in [-0.39, 0.29) is 11.8 Å². The third kappa shape index (κ3) is 4.74. The lowest BCUT2D eigenvalue weighted by molar-refractivity contribution is -0.121. The van der Waals surface area contributed by atoms with Gasteiger partial charge in [0.25, 0.3) is 0 Å². The molecule has 132 valence electrons. The maximum Gasteiger partial charge on any atom is 0.228 e. The number of rotatable bonds is 5. The van der Waals surface area contributed by atoms with Crippen molar-refractivity contribution in [2.45, 2.75) is 19.4 Å². The molecule has 0 bridgehead atoms. The summed E-state index contributed by atoms with van der Waals surface area (Å²) in [5.74, 6) is 0.856. The quantitative estimate of drug-likeness (QED) is 0.870. The Morgan fingerprint density at radius 1 is 1.24 bits per heavy atom. The summed E-state index contributed by atoms with van der Waals surface area (Å²) in [6.45, 7) is 2.54. The topological polar surface area (TPSA) is 41.6 Å². The molecule has 0 saturated carbocycles. The Hall–Kier alpha value is -2.04. The van der Waals surface area contributed by atoms with Gasteiger partial charge in [0.1, 0.15) is 5.75 Å². The second-order valence-corrected chi connectivity index (χ2v) is 6.79. The molecule has 1 amide bonds. The van der Waals surface area contributed by atoms with Crippen molar-refractivity contribution >= 4 is 23.2 Å². The number of carbonyl (C=O) groups is 1. The van der Waals surface area contributed by atoms with Crippen LogP contribution in [0.15, 0.2) is 48.5 Å². The second-order valence-electron chi connectivity index (χ2n) is 6.38. The van der Waals surface area contributed by atoms with Crippen molar-refractivity contribution in [2.24, 2.45) is 5.92 Å². The number of halogens is 1. The molecular weight excluding hydrogens is 336 g/mol. The number of hydrogen-bond acceptors (Lipinski definition) is 3. The Kier molecular flexibility index (Phi) is 5.95. The highest BCUT2D eigenvalue weighted by Crippen LogP contribution is 2.23. The molecule has 1 atom stereocenters. The van der Waals surface area contributed by atoms with Crippen LogP contribution in [0.3, 0.4) is 0 Å². The lowest BCUT2D eigenvalue weighted by Gasteiger charge is -2.32. The monoisotopic (exact) mass is 358 g/mol. The van der Waals surface area contributed by atoms with Crippen molar-refractivity contribution < 1.29 is 9.53 Å². The van der Waals surface area contributed by atoms with Gasteiger partial charge in [0, 0.05) is 23.8 Å². The molecule has 1 aliphatic rings. The average Bonchev–Trinajstić information content (AvgIpc) is 2.64. The third-order valence-corrected chi connectivity index (χ3v) is 4.95. The van der Waals surface area contributed by atoms with Gasteiger partial charge in [0.15, 0.2) is 0 Å². The molecule has 1 aliphatic heterocycles. The van der Waals surface area contributed by atoms with E-state index in [4.69, 9.17) is 16.3 Å². The second kappa shape index (κ2) is 8.37. The van der Waals surface area contributed by atoms with Gasteiger partial charge in [-0.1, -0.05) is 29.8 Å². The van der Waals surface area contributed by atoms with Crippen molar-refractivity contribution in [3.8, 4) is 5.75 Å². The molecule has 4 nitrogen and oxygen atoms in total. The smallest absolute Gasteiger partial charge is 0.228 e. The minimum Gasteiger partial charge on any atom is -0.497 e. The summed E-state index contributed by atoms with van der Waals surface area (Å²) in [4.78, 5) is 14.9. The molecule has 1 N–H and O–H groups in total. The maximum atomic E-state index is 12.6. The van der Waals surface area contributed by atoms with E-state index in [1.165, 1.54) is 0 Å². The Bertz CT molecular complexity index is 718. The summed E-state index contributed by atoms with van der Waals surface area (Å²) < 4.78 is 5.14. The summed E-state index contributed by atoms with van der Waals surface area (Å²) >= 11 is 6.26. The first-order valence-corrected chi connectivity index (χ1v) is 8.94. The summed E-state index contributed by atoms with van der Waals surface area (Å²) in [5.41, 5.74) is 1.91. The fourth-order valence-corrected chi connectivity index (χ4v) is 3.39. The van der Waals surface area contributed by atoms with Crippen LogP contribution >= 0.6 is 11.6 Å². The Morgan fingerprint density at radius 2 is 2.00 bits per heavy atom. The molecule has 1 unspecified atom stereocenters. The molecular formula is C20H23ClN2O2. The molecule has 0 spiro atoms. The molecule has 5 heteroatoms. The molecule has 2 aromatic rings. The fraction of sp³-hybridized carbons (Fsp3) is 0.350. The number of anilines is 1. The van der Waals surface area contributed by atoms with Crippen molar-refractivity contribution in [3.05, 3.63) is 59.1 Å². The van der Waals surface area contributed by atoms with E-state index in [9.17, 15) is 4.79 Å². The SMILES string of the molecule is COc1ccc(NC(=O)C2CCCN(Cc3ccccc3Cl)C2)cc1. The molecule has 1 heterocycles. The van der Waals surface area contributed by atoms with Crippen molar-refractivity contribution in [1.82, 2.24) is 4.90 Å². The van der Waals surface area contributed by atoms with Gasteiger partial charge in [-0.3, -0.25) is 9.69 Å². The Morgan fingerprint density at radius 3 is 2.72 bits per heavy atom. The zero-order valence-electron chi connectivity index (χ0n) is 14.4. The molecule has 1 fully saturated rings. The number of piperidine rings is 1. The summed E-state index contributed by atoms with van der Waals surface area (Å²) in [5, 5.41) is 3.80. The van der Waals surface area contributed by atoms with Crippen LogP contribution in [0.4, 0.5) is 5.69 Å². The van der Waals surface area contributed by atoms with Crippen LogP contribution in [0.1, 0.15) is 18.4 Å². The van der Waals surface area contributed by atoms with Gasteiger partial charge < -0.3 is 10.1 Å². The van der Waals surface area contributed by atoms with E-state index in [0.717, 1.165) is 54.5 Å². The number of nitrogens with zero attached hydrogens (tertiary/aromatic N) is 1. The van der Waals surface area contributed by atoms with E-state index in [0.29, 0.717) is 0 Å². The van der Waals surface area contributed by atoms with Gasteiger partial charge in [-0.2, -0.15) is 0 Å². The van der Waals surface area contributed by atoms with E-state index in [1.54, 1.807) is 7.11 Å². The molecule has 3 rings (SSSR count). The number of nitrogens with one attached hydrogen (secondary N) is 1. The van der Waals surface area contributed by atoms with Crippen LogP contribution in [0.5, 0.6) is 5.75 Å². The number of likely N-dealkylation sites (tertiary alicyclic amines) is 1. The van der Waals surface area contributed by atoms with Gasteiger partial charge in [0.2, 0.25) is 5.91 Å². The van der Waals surface area contributed by atoms with E-state index in [1.807, 2.05) is 48.5 Å². The minimum atomic E-state index is -0.00154. The summed E-state index contributed by atoms with van der Waals surface area (Å²) in [6, 6.07) is 15.3. The van der Waals surface area contributed by atoms with Gasteiger partial charge in [-0.15, -0.1) is 0 Å². The molecule has 25 heavy (non-hydrogen) atoms. The summed E-state index contributed by atoms with van der Waals surface area (Å²) in [6.07, 6.45) is 1.94. The van der Waals surface area contributed by atoms with Gasteiger partial charge >= 0.3 is 0 Å². The van der Waals surface area contributed by atoms with E-state index >= 15 is 0 Å². The number of methoxy groups -OCH3 is 1. The first kappa shape index (κ1) is 17.8. The van der Waals surface area contributed by atoms with Gasteiger partial charge in [0.05, 0.1) is 13.0 Å². The predicted octanol–water partition coefficient (Wildman–Crippen LogP) is 4.20. The largest absolute Gasteiger partial charge is 0.497 e. The van der Waals surface area contributed by atoms with E-state index < -0.39 is 0 Å². The first-order chi connectivity index (χ1) is 12.2. The van der Waals surface area contributed by atoms with E-state index in [2.05, 4.69) is 10.2 Å². The fourth-order valence-electron chi connectivity index (χ4n) is 3.20. The average molecular weight is 359 g/mol. The number of carbonyl (C=O) groups excluding carboxylic acids is 1. The maximum absolute atomic E-state index is 12.6. The molecule has 0 radical (unpaired) electrons. The minimum absolute atomic E-state index is 0.00154. The van der Waals surface area contributed by atoms with Crippen LogP contribution < -0.4 is 10.1 Å². The van der Waals surface area contributed by atoms with Crippen molar-refractivity contribution in [3.63, 3.8) is 0 Å². The van der Waals surface area contributed by atoms with Crippen LogP contribution in [0.2, 0.25) is 5.02 Å². The summed E-state index contributed by atoms with van der Waals surface area (Å²) in [7, 11) is 1.63. The highest BCUT2D eigenvalue weighted by Gasteiger charge is 2.26. The van der Waals surface area contributed by atoms with Gasteiger partial charge in [-0.05, 0) is 55.3 Å². The highest BCUT2D eigenvalue weighted by molar-refractivity contribution is 6.31. The standard InChI is InChI=1S/C20H23ClN2O2/c1-25-18-10-8-17(9-11-18)22-20(24)16-6-4-12-23(14-16)13-15-5-2-3-7-19(15)21/h2-3,5,7-11,16H,4,6,12-14H2,1H3,(H,22,24). The number of amides is 1. The number of ether oxygens (including phenoxy) is 1. The van der Waals surface area contributed by atoms with Crippen LogP contribution in [-0.4, -0.2) is 31.0 Å². The molecule has 0 aromatic heterocycles. The van der Waals surface area contributed by atoms with Crippen molar-refractivity contribution in [2.75, 3.05) is 25.5 Å². The Balaban J connectivity index is 1.58. The number of hydrogen-bond donors (Lipinski definition) is 1. The lowest BCUT2D eigenvalue weighted by atomic mass is 9.96. The number of benzene rings is 2. The van der Waals surface area contributed by atoms with Crippen molar-refractivity contribution in [1.29, 1.82) is 0 Å². The normalized spacial score (nSPS) is 17.9. The lowest BCUT2D eigenvalue weighted by Crippen LogP contribution is -2.40. The van der Waals surface area contributed by atoms with Crippen LogP contribution in [0.25, 0.3) is 0 Å². The van der Waals surface area contributed by atoms with Crippen LogP contribution in [0, 0.1) is 5.92 Å². The predicted molar refractivity (Wildman–Crippen MR) is 101 cm³/mol.